The van der Waals surface area contributed by atoms with E-state index < -0.39 is 22.7 Å². The Balaban J connectivity index is 1.43. The normalized spacial score (nSPS) is 17.0. The van der Waals surface area contributed by atoms with Gasteiger partial charge in [-0.15, -0.1) is 0 Å². The lowest BCUT2D eigenvalue weighted by Crippen LogP contribution is -2.40. The Hall–Kier alpha value is -4.70. The molecular formula is C34H34FN3O6. The summed E-state index contributed by atoms with van der Waals surface area (Å²) in [4.78, 5) is 46.3. The van der Waals surface area contributed by atoms with Crippen LogP contribution in [0.25, 0.3) is 22.2 Å². The van der Waals surface area contributed by atoms with Gasteiger partial charge in [0.25, 0.3) is 0 Å². The monoisotopic (exact) mass is 599 g/mol. The van der Waals surface area contributed by atoms with Gasteiger partial charge in [0.15, 0.2) is 5.78 Å². The van der Waals surface area contributed by atoms with E-state index in [9.17, 15) is 23.9 Å². The van der Waals surface area contributed by atoms with E-state index in [0.717, 1.165) is 5.39 Å². The number of nitrogens with zero attached hydrogens (tertiary/aromatic N) is 2. The molecule has 0 radical (unpaired) electrons. The van der Waals surface area contributed by atoms with E-state index in [-0.39, 0.29) is 36.7 Å². The minimum absolute atomic E-state index is 0.00635. The Bertz CT molecular complexity index is 1750. The van der Waals surface area contributed by atoms with Crippen LogP contribution in [0.2, 0.25) is 0 Å². The Morgan fingerprint density at radius 3 is 2.59 bits per heavy atom. The van der Waals surface area contributed by atoms with E-state index in [2.05, 4.69) is 9.97 Å². The molecule has 4 aromatic rings. The van der Waals surface area contributed by atoms with Crippen LogP contribution in [-0.2, 0) is 20.6 Å². The van der Waals surface area contributed by atoms with Crippen LogP contribution in [0.4, 0.5) is 4.39 Å². The maximum Gasteiger partial charge on any atom is 0.231 e. The lowest BCUT2D eigenvalue weighted by Gasteiger charge is -2.26. The van der Waals surface area contributed by atoms with Gasteiger partial charge in [0.05, 0.1) is 12.3 Å². The van der Waals surface area contributed by atoms with Crippen molar-refractivity contribution in [3.05, 3.63) is 83.4 Å². The standard InChI is InChI=1S/C34H34FN3O6/c1-20(39)6-5-15-43-27-17-23(16-22-7-4-14-37-29(22)27)26(40)12-13-34(3,42)28-18-25-31(44-19-33(25,2)32(36)41)30(38-28)21-8-10-24(35)11-9-21/h4,7-11,14,16-18,42H,5-6,12-13,15,19H2,1-3H3,(H2,36,41)/t33-,34-/m0/s1. The maximum atomic E-state index is 13.7. The number of ketones is 2. The Kier molecular flexibility index (Phi) is 8.47. The molecule has 0 bridgehead atoms. The van der Waals surface area contributed by atoms with Crippen LogP contribution in [0.1, 0.15) is 68.1 Å². The number of hydrogen-bond donors (Lipinski definition) is 2. The molecule has 0 unspecified atom stereocenters. The van der Waals surface area contributed by atoms with Gasteiger partial charge >= 0.3 is 0 Å². The van der Waals surface area contributed by atoms with E-state index in [1.807, 2.05) is 6.07 Å². The fraction of sp³-hybridized carbons (Fsp3) is 0.324. The van der Waals surface area contributed by atoms with Crippen molar-refractivity contribution in [2.24, 2.45) is 5.73 Å². The van der Waals surface area contributed by atoms with Crippen molar-refractivity contribution in [3.63, 3.8) is 0 Å². The van der Waals surface area contributed by atoms with Crippen LogP contribution in [0, 0.1) is 5.82 Å². The third kappa shape index (κ3) is 6.16. The van der Waals surface area contributed by atoms with E-state index in [1.165, 1.54) is 31.2 Å². The quantitative estimate of drug-likeness (QED) is 0.167. The number of aromatic nitrogens is 2. The van der Waals surface area contributed by atoms with E-state index in [0.29, 0.717) is 58.8 Å². The first-order valence-electron chi connectivity index (χ1n) is 14.4. The molecule has 2 atom stereocenters. The highest BCUT2D eigenvalue weighted by Gasteiger charge is 2.45. The number of hydrogen-bond acceptors (Lipinski definition) is 8. The van der Waals surface area contributed by atoms with Crippen molar-refractivity contribution < 1.29 is 33.4 Å². The largest absolute Gasteiger partial charge is 0.491 e. The number of primary amides is 1. The zero-order valence-corrected chi connectivity index (χ0v) is 24.9. The van der Waals surface area contributed by atoms with Crippen LogP contribution in [-0.4, -0.2) is 45.8 Å². The first-order valence-corrected chi connectivity index (χ1v) is 14.4. The molecule has 1 aliphatic heterocycles. The molecule has 9 nitrogen and oxygen atoms in total. The number of rotatable bonds is 12. The van der Waals surface area contributed by atoms with E-state index in [4.69, 9.17) is 15.2 Å². The molecule has 0 saturated carbocycles. The predicted molar refractivity (Wildman–Crippen MR) is 162 cm³/mol. The Labute approximate surface area is 254 Å². The highest BCUT2D eigenvalue weighted by Crippen LogP contribution is 2.46. The van der Waals surface area contributed by atoms with Gasteiger partial charge in [-0.3, -0.25) is 14.6 Å². The fourth-order valence-electron chi connectivity index (χ4n) is 5.23. The van der Waals surface area contributed by atoms with E-state index in [1.54, 1.807) is 44.3 Å². The third-order valence-electron chi connectivity index (χ3n) is 8.05. The summed E-state index contributed by atoms with van der Waals surface area (Å²) in [6.45, 7) is 5.03. The van der Waals surface area contributed by atoms with Crippen molar-refractivity contribution >= 4 is 28.4 Å². The van der Waals surface area contributed by atoms with Gasteiger partial charge < -0.3 is 25.1 Å². The molecule has 5 rings (SSSR count). The molecule has 2 aromatic carbocycles. The first kappa shape index (κ1) is 30.7. The second kappa shape index (κ2) is 12.1. The number of benzene rings is 2. The number of carbonyl (C=O) groups excluding carboxylic acids is 3. The number of amides is 1. The third-order valence-corrected chi connectivity index (χ3v) is 8.05. The minimum atomic E-state index is -1.59. The summed E-state index contributed by atoms with van der Waals surface area (Å²) in [5.74, 6) is -0.398. The first-order chi connectivity index (χ1) is 20.9. The highest BCUT2D eigenvalue weighted by atomic mass is 19.1. The minimum Gasteiger partial charge on any atom is -0.491 e. The highest BCUT2D eigenvalue weighted by molar-refractivity contribution is 6.01. The summed E-state index contributed by atoms with van der Waals surface area (Å²) < 4.78 is 25.5. The topological polar surface area (TPSA) is 142 Å². The number of halogens is 1. The Morgan fingerprint density at radius 2 is 1.89 bits per heavy atom. The van der Waals surface area contributed by atoms with Gasteiger partial charge in [0.2, 0.25) is 5.91 Å². The summed E-state index contributed by atoms with van der Waals surface area (Å²) in [7, 11) is 0. The summed E-state index contributed by atoms with van der Waals surface area (Å²) >= 11 is 0. The fourth-order valence-corrected chi connectivity index (χ4v) is 5.23. The van der Waals surface area contributed by atoms with Gasteiger partial charge in [-0.1, -0.05) is 6.07 Å². The molecule has 2 aromatic heterocycles. The molecule has 1 amide bonds. The summed E-state index contributed by atoms with van der Waals surface area (Å²) in [6, 6.07) is 14.2. The zero-order chi connectivity index (χ0) is 31.6. The molecule has 0 spiro atoms. The number of aliphatic hydroxyl groups is 1. The lowest BCUT2D eigenvalue weighted by atomic mass is 9.81. The molecule has 10 heteroatoms. The van der Waals surface area contributed by atoms with Crippen LogP contribution in [0.3, 0.4) is 0 Å². The summed E-state index contributed by atoms with van der Waals surface area (Å²) in [5, 5.41) is 12.4. The van der Waals surface area contributed by atoms with Crippen molar-refractivity contribution in [1.82, 2.24) is 9.97 Å². The van der Waals surface area contributed by atoms with Gasteiger partial charge in [0.1, 0.15) is 51.9 Å². The second-order valence-corrected chi connectivity index (χ2v) is 11.6. The van der Waals surface area contributed by atoms with E-state index >= 15 is 0 Å². The molecule has 0 fully saturated rings. The summed E-state index contributed by atoms with van der Waals surface area (Å²) in [6.07, 6.45) is 2.55. The number of nitrogens with two attached hydrogens (primary N) is 1. The van der Waals surface area contributed by atoms with Crippen molar-refractivity contribution in [2.75, 3.05) is 13.2 Å². The van der Waals surface area contributed by atoms with Gasteiger partial charge in [-0.05, 0) is 82.1 Å². The SMILES string of the molecule is CC(=O)CCCOc1cc(C(=O)CC[C@](C)(O)c2cc3c(c(-c4ccc(F)cc4)n2)OC[C@]3(C)C(N)=O)cc2cccnc12. The molecule has 0 aliphatic carbocycles. The molecule has 228 valence electrons. The molecule has 1 aliphatic rings. The van der Waals surface area contributed by atoms with Crippen LogP contribution >= 0.6 is 0 Å². The average Bonchev–Trinajstić information content (AvgIpc) is 3.35. The zero-order valence-electron chi connectivity index (χ0n) is 24.9. The number of ether oxygens (including phenoxy) is 2. The number of fused-ring (bicyclic) bond motifs is 2. The second-order valence-electron chi connectivity index (χ2n) is 11.6. The van der Waals surface area contributed by atoms with Crippen molar-refractivity contribution in [1.29, 1.82) is 0 Å². The van der Waals surface area contributed by atoms with Crippen molar-refractivity contribution in [3.8, 4) is 22.8 Å². The van der Waals surface area contributed by atoms with Crippen LogP contribution < -0.4 is 15.2 Å². The number of pyridine rings is 2. The average molecular weight is 600 g/mol. The number of carbonyl (C=O) groups is 3. The Morgan fingerprint density at radius 1 is 1.14 bits per heavy atom. The molecular weight excluding hydrogens is 565 g/mol. The smallest absolute Gasteiger partial charge is 0.231 e. The lowest BCUT2D eigenvalue weighted by molar-refractivity contribution is -0.123. The molecule has 3 N–H and O–H groups in total. The molecule has 0 saturated heterocycles. The van der Waals surface area contributed by atoms with Crippen LogP contribution in [0.15, 0.2) is 60.8 Å². The number of Topliss-reactive ketones (excluding diaryl/α,β-unsaturated/α-hetero) is 2. The molecule has 44 heavy (non-hydrogen) atoms. The van der Waals surface area contributed by atoms with Crippen molar-refractivity contribution in [2.45, 2.75) is 57.5 Å². The van der Waals surface area contributed by atoms with Crippen LogP contribution in [0.5, 0.6) is 11.5 Å². The van der Waals surface area contributed by atoms with Gasteiger partial charge in [0, 0.05) is 41.1 Å². The summed E-state index contributed by atoms with van der Waals surface area (Å²) in [5.41, 5.74) is 5.55. The molecule has 3 heterocycles. The maximum absolute atomic E-state index is 13.7. The predicted octanol–water partition coefficient (Wildman–Crippen LogP) is 5.19. The van der Waals surface area contributed by atoms with Gasteiger partial charge in [-0.2, -0.15) is 0 Å². The van der Waals surface area contributed by atoms with Gasteiger partial charge in [-0.25, -0.2) is 9.37 Å².